The third-order valence-electron chi connectivity index (χ3n) is 3.20. The summed E-state index contributed by atoms with van der Waals surface area (Å²) in [7, 11) is 1.46. The van der Waals surface area contributed by atoms with Gasteiger partial charge in [0.2, 0.25) is 0 Å². The summed E-state index contributed by atoms with van der Waals surface area (Å²) in [6.07, 6.45) is 0.695. The molecule has 0 aliphatic carbocycles. The van der Waals surface area contributed by atoms with Crippen molar-refractivity contribution in [2.45, 2.75) is 12.3 Å². The van der Waals surface area contributed by atoms with Crippen molar-refractivity contribution in [2.24, 2.45) is 0 Å². The van der Waals surface area contributed by atoms with Gasteiger partial charge < -0.3 is 4.74 Å². The van der Waals surface area contributed by atoms with Crippen LogP contribution in [-0.4, -0.2) is 13.0 Å². The number of methoxy groups -OCH3 is 1. The number of alkyl halides is 1. The predicted molar refractivity (Wildman–Crippen MR) is 84.3 cm³/mol. The Morgan fingerprint density at radius 1 is 1.25 bits per heavy atom. The van der Waals surface area contributed by atoms with E-state index < -0.39 is 0 Å². The Morgan fingerprint density at radius 2 is 2.05 bits per heavy atom. The number of halogens is 3. The fourth-order valence-electron chi connectivity index (χ4n) is 2.14. The Kier molecular flexibility index (Phi) is 5.44. The van der Waals surface area contributed by atoms with Crippen molar-refractivity contribution in [1.29, 1.82) is 0 Å². The second-order valence-corrected chi connectivity index (χ2v) is 5.80. The maximum Gasteiger partial charge on any atom is 0.165 e. The standard InChI is InChI=1S/C16H15BrClFO/c1-20-16-6-5-11(8-15(16)19)7-13(10-18)12-3-2-4-14(17)9-12/h2-6,8-9,13H,7,10H2,1H3. The third kappa shape index (κ3) is 3.74. The van der Waals surface area contributed by atoms with Crippen LogP contribution in [-0.2, 0) is 6.42 Å². The second-order valence-electron chi connectivity index (χ2n) is 4.58. The van der Waals surface area contributed by atoms with E-state index in [-0.39, 0.29) is 17.5 Å². The molecule has 1 atom stereocenters. The van der Waals surface area contributed by atoms with Crippen LogP contribution in [0.5, 0.6) is 5.75 Å². The molecule has 0 N–H and O–H groups in total. The van der Waals surface area contributed by atoms with Crippen LogP contribution in [0.3, 0.4) is 0 Å². The number of ether oxygens (including phenoxy) is 1. The molecule has 0 fully saturated rings. The van der Waals surface area contributed by atoms with Crippen LogP contribution in [0.1, 0.15) is 17.0 Å². The summed E-state index contributed by atoms with van der Waals surface area (Å²) in [5, 5.41) is 0. The minimum Gasteiger partial charge on any atom is -0.494 e. The van der Waals surface area contributed by atoms with E-state index >= 15 is 0 Å². The normalized spacial score (nSPS) is 12.2. The zero-order chi connectivity index (χ0) is 14.5. The molecule has 0 radical (unpaired) electrons. The van der Waals surface area contributed by atoms with Crippen molar-refractivity contribution in [1.82, 2.24) is 0 Å². The molecule has 1 unspecified atom stereocenters. The summed E-state index contributed by atoms with van der Waals surface area (Å²) in [6, 6.07) is 13.1. The average Bonchev–Trinajstić information content (AvgIpc) is 2.45. The van der Waals surface area contributed by atoms with Crippen molar-refractivity contribution in [3.05, 3.63) is 63.9 Å². The number of hydrogen-bond donors (Lipinski definition) is 0. The van der Waals surface area contributed by atoms with Gasteiger partial charge in [-0.3, -0.25) is 0 Å². The Labute approximate surface area is 131 Å². The fraction of sp³-hybridized carbons (Fsp3) is 0.250. The molecule has 4 heteroatoms. The van der Waals surface area contributed by atoms with Gasteiger partial charge in [-0.05, 0) is 41.8 Å². The highest BCUT2D eigenvalue weighted by Crippen LogP contribution is 2.27. The Hall–Kier alpha value is -1.06. The Balaban J connectivity index is 2.20. The first-order valence-electron chi connectivity index (χ1n) is 6.28. The van der Waals surface area contributed by atoms with Gasteiger partial charge in [-0.1, -0.05) is 34.1 Å². The van der Waals surface area contributed by atoms with Gasteiger partial charge in [0.25, 0.3) is 0 Å². The maximum atomic E-state index is 13.7. The topological polar surface area (TPSA) is 9.23 Å². The monoisotopic (exact) mass is 356 g/mol. The van der Waals surface area contributed by atoms with Crippen molar-refractivity contribution >= 4 is 27.5 Å². The highest BCUT2D eigenvalue weighted by atomic mass is 79.9. The molecule has 0 bridgehead atoms. The summed E-state index contributed by atoms with van der Waals surface area (Å²) in [4.78, 5) is 0. The second kappa shape index (κ2) is 7.09. The van der Waals surface area contributed by atoms with Gasteiger partial charge in [-0.2, -0.15) is 0 Å². The van der Waals surface area contributed by atoms with E-state index in [9.17, 15) is 4.39 Å². The lowest BCUT2D eigenvalue weighted by Gasteiger charge is -2.15. The van der Waals surface area contributed by atoms with E-state index in [1.54, 1.807) is 6.07 Å². The van der Waals surface area contributed by atoms with Crippen LogP contribution in [0.25, 0.3) is 0 Å². The minimum absolute atomic E-state index is 0.155. The molecule has 20 heavy (non-hydrogen) atoms. The van der Waals surface area contributed by atoms with Crippen LogP contribution in [0.4, 0.5) is 4.39 Å². The first-order valence-corrected chi connectivity index (χ1v) is 7.60. The minimum atomic E-state index is -0.340. The Morgan fingerprint density at radius 3 is 2.65 bits per heavy atom. The van der Waals surface area contributed by atoms with Crippen LogP contribution in [0.15, 0.2) is 46.9 Å². The van der Waals surface area contributed by atoms with Gasteiger partial charge in [0.1, 0.15) is 0 Å². The van der Waals surface area contributed by atoms with Crippen LogP contribution < -0.4 is 4.74 Å². The number of rotatable bonds is 5. The van der Waals surface area contributed by atoms with Crippen molar-refractivity contribution in [3.8, 4) is 5.75 Å². The quantitative estimate of drug-likeness (QED) is 0.671. The van der Waals surface area contributed by atoms with E-state index in [4.69, 9.17) is 16.3 Å². The Bertz CT molecular complexity index is 588. The van der Waals surface area contributed by atoms with E-state index in [1.165, 1.54) is 13.2 Å². The molecular formula is C16H15BrClFO. The smallest absolute Gasteiger partial charge is 0.165 e. The van der Waals surface area contributed by atoms with Gasteiger partial charge in [-0.15, -0.1) is 11.6 Å². The van der Waals surface area contributed by atoms with Crippen LogP contribution in [0.2, 0.25) is 0 Å². The first-order chi connectivity index (χ1) is 9.63. The zero-order valence-electron chi connectivity index (χ0n) is 11.1. The van der Waals surface area contributed by atoms with Gasteiger partial charge in [-0.25, -0.2) is 4.39 Å². The zero-order valence-corrected chi connectivity index (χ0v) is 13.4. The van der Waals surface area contributed by atoms with Crippen molar-refractivity contribution in [2.75, 3.05) is 13.0 Å². The fourth-order valence-corrected chi connectivity index (χ4v) is 2.85. The molecule has 2 rings (SSSR count). The third-order valence-corrected chi connectivity index (χ3v) is 4.07. The largest absolute Gasteiger partial charge is 0.494 e. The summed E-state index contributed by atoms with van der Waals surface area (Å²) < 4.78 is 19.6. The molecule has 0 aliphatic rings. The van der Waals surface area contributed by atoms with Crippen LogP contribution in [0, 0.1) is 5.82 Å². The maximum absolute atomic E-state index is 13.7. The first kappa shape index (κ1) is 15.3. The SMILES string of the molecule is COc1ccc(CC(CCl)c2cccc(Br)c2)cc1F. The number of benzene rings is 2. The summed E-state index contributed by atoms with van der Waals surface area (Å²) in [5.41, 5.74) is 2.06. The predicted octanol–water partition coefficient (Wildman–Crippen LogP) is 5.16. The lowest BCUT2D eigenvalue weighted by Crippen LogP contribution is -2.05. The molecule has 2 aromatic carbocycles. The highest BCUT2D eigenvalue weighted by Gasteiger charge is 2.13. The molecule has 0 amide bonds. The van der Waals surface area contributed by atoms with E-state index in [1.807, 2.05) is 30.3 Å². The van der Waals surface area contributed by atoms with Gasteiger partial charge in [0.15, 0.2) is 11.6 Å². The van der Waals surface area contributed by atoms with Gasteiger partial charge in [0, 0.05) is 16.3 Å². The molecular weight excluding hydrogens is 343 g/mol. The molecule has 0 saturated heterocycles. The van der Waals surface area contributed by atoms with E-state index in [0.29, 0.717) is 12.3 Å². The lowest BCUT2D eigenvalue weighted by atomic mass is 9.93. The molecule has 2 aromatic rings. The van der Waals surface area contributed by atoms with E-state index in [2.05, 4.69) is 15.9 Å². The summed E-state index contributed by atoms with van der Waals surface area (Å²) in [6.45, 7) is 0. The molecule has 0 saturated carbocycles. The molecule has 0 heterocycles. The number of hydrogen-bond acceptors (Lipinski definition) is 1. The van der Waals surface area contributed by atoms with Crippen LogP contribution >= 0.6 is 27.5 Å². The molecule has 0 spiro atoms. The molecule has 0 aromatic heterocycles. The molecule has 1 nitrogen and oxygen atoms in total. The van der Waals surface area contributed by atoms with Gasteiger partial charge in [0.05, 0.1) is 7.11 Å². The lowest BCUT2D eigenvalue weighted by molar-refractivity contribution is 0.386. The van der Waals surface area contributed by atoms with E-state index in [0.717, 1.165) is 15.6 Å². The van der Waals surface area contributed by atoms with Gasteiger partial charge >= 0.3 is 0 Å². The molecule has 0 aliphatic heterocycles. The highest BCUT2D eigenvalue weighted by molar-refractivity contribution is 9.10. The summed E-state index contributed by atoms with van der Waals surface area (Å²) in [5.74, 6) is 0.567. The summed E-state index contributed by atoms with van der Waals surface area (Å²) >= 11 is 9.52. The van der Waals surface area contributed by atoms with Crippen molar-refractivity contribution < 1.29 is 9.13 Å². The van der Waals surface area contributed by atoms with Crippen molar-refractivity contribution in [3.63, 3.8) is 0 Å². The molecule has 106 valence electrons. The average molecular weight is 358 g/mol.